The summed E-state index contributed by atoms with van der Waals surface area (Å²) >= 11 is 3.33. The normalized spacial score (nSPS) is 10.5. The van der Waals surface area contributed by atoms with Crippen LogP contribution in [0.1, 0.15) is 10.5 Å². The summed E-state index contributed by atoms with van der Waals surface area (Å²) in [6.45, 7) is -0.637. The number of esters is 1. The van der Waals surface area contributed by atoms with Crippen molar-refractivity contribution < 1.29 is 23.1 Å². The van der Waals surface area contributed by atoms with Crippen LogP contribution in [0.4, 0.5) is 14.5 Å². The molecule has 2 aromatic carbocycles. The van der Waals surface area contributed by atoms with Gasteiger partial charge in [-0.3, -0.25) is 9.89 Å². The predicted octanol–water partition coefficient (Wildman–Crippen LogP) is 3.91. The highest BCUT2D eigenvalue weighted by molar-refractivity contribution is 9.10. The number of aromatic nitrogens is 2. The second-order valence-electron chi connectivity index (χ2n) is 5.42. The Morgan fingerprint density at radius 1 is 1.11 bits per heavy atom. The van der Waals surface area contributed by atoms with Crippen molar-refractivity contribution in [2.24, 2.45) is 0 Å². The van der Waals surface area contributed by atoms with E-state index < -0.39 is 30.1 Å². The van der Waals surface area contributed by atoms with Crippen molar-refractivity contribution in [2.45, 2.75) is 0 Å². The number of benzene rings is 2. The molecule has 0 aliphatic heterocycles. The molecule has 0 bridgehead atoms. The lowest BCUT2D eigenvalue weighted by molar-refractivity contribution is -0.119. The minimum absolute atomic E-state index is 0.0636. The molecule has 0 saturated heterocycles. The first kappa shape index (κ1) is 18.7. The Balaban J connectivity index is 1.57. The number of aromatic amines is 1. The van der Waals surface area contributed by atoms with E-state index in [1.807, 2.05) is 24.3 Å². The zero-order valence-corrected chi connectivity index (χ0v) is 15.2. The number of amides is 1. The second kappa shape index (κ2) is 8.09. The van der Waals surface area contributed by atoms with Crippen LogP contribution in [0.15, 0.2) is 53.0 Å². The van der Waals surface area contributed by atoms with Crippen LogP contribution in [0.3, 0.4) is 0 Å². The first-order valence-corrected chi connectivity index (χ1v) is 8.45. The van der Waals surface area contributed by atoms with Crippen molar-refractivity contribution in [3.63, 3.8) is 0 Å². The number of ether oxygens (including phenoxy) is 1. The van der Waals surface area contributed by atoms with Crippen LogP contribution < -0.4 is 5.32 Å². The summed E-state index contributed by atoms with van der Waals surface area (Å²) < 4.78 is 32.1. The molecule has 6 nitrogen and oxygen atoms in total. The number of nitrogens with zero attached hydrogens (tertiary/aromatic N) is 1. The Morgan fingerprint density at radius 3 is 2.56 bits per heavy atom. The fourth-order valence-electron chi connectivity index (χ4n) is 2.18. The fraction of sp³-hybridized carbons (Fsp3) is 0.0556. The molecule has 0 unspecified atom stereocenters. The molecule has 0 radical (unpaired) electrons. The van der Waals surface area contributed by atoms with E-state index in [2.05, 4.69) is 31.4 Å². The van der Waals surface area contributed by atoms with E-state index in [4.69, 9.17) is 4.74 Å². The lowest BCUT2D eigenvalue weighted by atomic mass is 10.1. The average Bonchev–Trinajstić information content (AvgIpc) is 3.13. The number of carbonyl (C=O) groups excluding carboxylic acids is 2. The summed E-state index contributed by atoms with van der Waals surface area (Å²) in [6.07, 6.45) is 0. The van der Waals surface area contributed by atoms with Gasteiger partial charge in [0.1, 0.15) is 17.3 Å². The van der Waals surface area contributed by atoms with Crippen molar-refractivity contribution in [2.75, 3.05) is 11.9 Å². The summed E-state index contributed by atoms with van der Waals surface area (Å²) in [6, 6.07) is 11.5. The molecule has 1 heterocycles. The molecule has 0 atom stereocenters. The number of nitrogens with one attached hydrogen (secondary N) is 2. The van der Waals surface area contributed by atoms with Gasteiger partial charge in [0, 0.05) is 16.1 Å². The highest BCUT2D eigenvalue weighted by atomic mass is 79.9. The molecule has 1 aromatic heterocycles. The van der Waals surface area contributed by atoms with E-state index in [1.165, 1.54) is 6.07 Å². The monoisotopic (exact) mass is 435 g/mol. The van der Waals surface area contributed by atoms with Crippen molar-refractivity contribution in [3.8, 4) is 11.3 Å². The molecule has 138 valence electrons. The molecule has 0 saturated carbocycles. The van der Waals surface area contributed by atoms with Crippen LogP contribution in [-0.2, 0) is 9.53 Å². The molecule has 0 aliphatic carbocycles. The molecule has 3 rings (SSSR count). The topological polar surface area (TPSA) is 84.1 Å². The Kier molecular flexibility index (Phi) is 5.60. The largest absolute Gasteiger partial charge is 0.451 e. The molecular formula is C18H12BrF2N3O3. The van der Waals surface area contributed by atoms with Gasteiger partial charge in [-0.2, -0.15) is 5.10 Å². The van der Waals surface area contributed by atoms with Crippen LogP contribution in [0.2, 0.25) is 0 Å². The Hall–Kier alpha value is -3.07. The minimum atomic E-state index is -0.928. The van der Waals surface area contributed by atoms with Crippen LogP contribution in [0, 0.1) is 11.6 Å². The van der Waals surface area contributed by atoms with Gasteiger partial charge in [0.05, 0.1) is 11.4 Å². The minimum Gasteiger partial charge on any atom is -0.451 e. The van der Waals surface area contributed by atoms with Crippen molar-refractivity contribution >= 4 is 33.5 Å². The van der Waals surface area contributed by atoms with Crippen molar-refractivity contribution in [1.82, 2.24) is 10.2 Å². The number of carbonyl (C=O) groups is 2. The van der Waals surface area contributed by atoms with Crippen LogP contribution >= 0.6 is 15.9 Å². The Labute approximate surface area is 160 Å². The summed E-state index contributed by atoms with van der Waals surface area (Å²) in [5, 5.41) is 8.76. The maximum absolute atomic E-state index is 13.5. The first-order chi connectivity index (χ1) is 12.9. The standard InChI is InChI=1S/C18H12BrF2N3O3/c19-11-3-1-10(2-4-11)15-8-16(24-23-15)18(26)27-9-17(25)22-14-6-5-12(20)7-13(14)21/h1-8H,9H2,(H,22,25)(H,23,24). The Bertz CT molecular complexity index is 990. The predicted molar refractivity (Wildman–Crippen MR) is 97.0 cm³/mol. The maximum atomic E-state index is 13.5. The zero-order valence-electron chi connectivity index (χ0n) is 13.6. The van der Waals surface area contributed by atoms with Gasteiger partial charge in [0.2, 0.25) is 0 Å². The van der Waals surface area contributed by atoms with Gasteiger partial charge in [-0.25, -0.2) is 13.6 Å². The van der Waals surface area contributed by atoms with E-state index in [0.717, 1.165) is 22.2 Å². The van der Waals surface area contributed by atoms with Crippen LogP contribution in [-0.4, -0.2) is 28.7 Å². The average molecular weight is 436 g/mol. The Morgan fingerprint density at radius 2 is 1.85 bits per heavy atom. The molecule has 0 aliphatic rings. The van der Waals surface area contributed by atoms with Crippen LogP contribution in [0.25, 0.3) is 11.3 Å². The molecular weight excluding hydrogens is 424 g/mol. The lowest BCUT2D eigenvalue weighted by Crippen LogP contribution is -2.21. The lowest BCUT2D eigenvalue weighted by Gasteiger charge is -2.06. The third kappa shape index (κ3) is 4.76. The zero-order chi connectivity index (χ0) is 19.4. The van der Waals surface area contributed by atoms with Crippen molar-refractivity contribution in [1.29, 1.82) is 0 Å². The van der Waals surface area contributed by atoms with Crippen LogP contribution in [0.5, 0.6) is 0 Å². The molecule has 27 heavy (non-hydrogen) atoms. The van der Waals surface area contributed by atoms with Gasteiger partial charge in [-0.05, 0) is 30.3 Å². The van der Waals surface area contributed by atoms with Gasteiger partial charge < -0.3 is 10.1 Å². The number of H-pyrrole nitrogens is 1. The quantitative estimate of drug-likeness (QED) is 0.595. The maximum Gasteiger partial charge on any atom is 0.356 e. The number of hydrogen-bond acceptors (Lipinski definition) is 4. The van der Waals surface area contributed by atoms with E-state index in [9.17, 15) is 18.4 Å². The molecule has 0 spiro atoms. The number of rotatable bonds is 5. The molecule has 9 heteroatoms. The molecule has 0 fully saturated rings. The van der Waals surface area contributed by atoms with Gasteiger partial charge in [0.15, 0.2) is 6.61 Å². The highest BCUT2D eigenvalue weighted by Gasteiger charge is 2.15. The highest BCUT2D eigenvalue weighted by Crippen LogP contribution is 2.20. The summed E-state index contributed by atoms with van der Waals surface area (Å²) in [5.41, 5.74) is 1.18. The number of halogens is 3. The van der Waals surface area contributed by atoms with Gasteiger partial charge in [-0.1, -0.05) is 28.1 Å². The smallest absolute Gasteiger partial charge is 0.356 e. The second-order valence-corrected chi connectivity index (χ2v) is 6.34. The van der Waals surface area contributed by atoms with Gasteiger partial charge >= 0.3 is 5.97 Å². The fourth-order valence-corrected chi connectivity index (χ4v) is 2.45. The SMILES string of the molecule is O=C(COC(=O)c1cc(-c2ccc(Br)cc2)n[nH]1)Nc1ccc(F)cc1F. The van der Waals surface area contributed by atoms with Gasteiger partial charge in [0.25, 0.3) is 5.91 Å². The van der Waals surface area contributed by atoms with Crippen molar-refractivity contribution in [3.05, 3.63) is 70.3 Å². The van der Waals surface area contributed by atoms with E-state index in [1.54, 1.807) is 0 Å². The first-order valence-electron chi connectivity index (χ1n) is 7.66. The molecule has 2 N–H and O–H groups in total. The van der Waals surface area contributed by atoms with E-state index in [-0.39, 0.29) is 11.4 Å². The third-order valence-electron chi connectivity index (χ3n) is 3.48. The summed E-state index contributed by atoms with van der Waals surface area (Å²) in [5.74, 6) is -3.25. The summed E-state index contributed by atoms with van der Waals surface area (Å²) in [4.78, 5) is 23.8. The number of anilines is 1. The molecule has 3 aromatic rings. The van der Waals surface area contributed by atoms with E-state index >= 15 is 0 Å². The van der Waals surface area contributed by atoms with Gasteiger partial charge in [-0.15, -0.1) is 0 Å². The number of hydrogen-bond donors (Lipinski definition) is 2. The van der Waals surface area contributed by atoms with E-state index in [0.29, 0.717) is 11.8 Å². The third-order valence-corrected chi connectivity index (χ3v) is 4.01. The molecule has 1 amide bonds. The summed E-state index contributed by atoms with van der Waals surface area (Å²) in [7, 11) is 0.